The summed E-state index contributed by atoms with van der Waals surface area (Å²) >= 11 is 0. The summed E-state index contributed by atoms with van der Waals surface area (Å²) < 4.78 is 25.3. The molecular formula is C10H17NO3S. The van der Waals surface area contributed by atoms with E-state index in [1.165, 1.54) is 7.05 Å². The molecule has 2 unspecified atom stereocenters. The Balaban J connectivity index is 2.64. The van der Waals surface area contributed by atoms with Crippen LogP contribution in [0.2, 0.25) is 0 Å². The van der Waals surface area contributed by atoms with E-state index in [0.29, 0.717) is 12.8 Å². The predicted molar refractivity (Wildman–Crippen MR) is 56.8 cm³/mol. The Kier molecular flexibility index (Phi) is 2.09. The van der Waals surface area contributed by atoms with Crippen molar-refractivity contribution in [2.24, 2.45) is 11.3 Å². The molecule has 0 aliphatic heterocycles. The molecule has 4 nitrogen and oxygen atoms in total. The van der Waals surface area contributed by atoms with Gasteiger partial charge in [-0.3, -0.25) is 4.79 Å². The van der Waals surface area contributed by atoms with Gasteiger partial charge >= 0.3 is 0 Å². The standard InChI is InChI=1S/C10H17NO3S/c1-9(2)7-4-5-10(9,8(12)6-7)15(13,14)11-3/h7,11H,4-6H2,1-3H3. The number of Topliss-reactive ketones (excluding diaryl/α,β-unsaturated/α-hetero) is 1. The van der Waals surface area contributed by atoms with Crippen LogP contribution in [0.1, 0.15) is 33.1 Å². The number of fused-ring (bicyclic) bond motifs is 2. The smallest absolute Gasteiger partial charge is 0.224 e. The van der Waals surface area contributed by atoms with Gasteiger partial charge in [0, 0.05) is 6.42 Å². The molecule has 2 fully saturated rings. The highest BCUT2D eigenvalue weighted by Gasteiger charge is 2.70. The molecule has 86 valence electrons. The summed E-state index contributed by atoms with van der Waals surface area (Å²) in [5.74, 6) is 0.131. The molecule has 0 aromatic rings. The molecule has 1 N–H and O–H groups in total. The Labute approximate surface area is 90.5 Å². The molecule has 0 radical (unpaired) electrons. The minimum absolute atomic E-state index is 0.0990. The normalized spacial score (nSPS) is 38.6. The molecule has 2 bridgehead atoms. The van der Waals surface area contributed by atoms with Crippen molar-refractivity contribution in [3.8, 4) is 0 Å². The topological polar surface area (TPSA) is 63.2 Å². The summed E-state index contributed by atoms with van der Waals surface area (Å²) in [5, 5.41) is 0. The van der Waals surface area contributed by atoms with Gasteiger partial charge in [0.05, 0.1) is 0 Å². The highest BCUT2D eigenvalue weighted by atomic mass is 32.2. The molecule has 0 heterocycles. The number of rotatable bonds is 2. The van der Waals surface area contributed by atoms with Crippen LogP contribution < -0.4 is 4.72 Å². The second kappa shape index (κ2) is 2.83. The van der Waals surface area contributed by atoms with Crippen molar-refractivity contribution in [3.63, 3.8) is 0 Å². The van der Waals surface area contributed by atoms with Crippen LogP contribution in [0.25, 0.3) is 0 Å². The molecule has 2 saturated carbocycles. The van der Waals surface area contributed by atoms with Crippen LogP contribution in [0.4, 0.5) is 0 Å². The van der Waals surface area contributed by atoms with Crippen LogP contribution in [-0.2, 0) is 14.8 Å². The lowest BCUT2D eigenvalue weighted by Gasteiger charge is -2.35. The van der Waals surface area contributed by atoms with Crippen LogP contribution in [0.3, 0.4) is 0 Å². The van der Waals surface area contributed by atoms with Crippen LogP contribution >= 0.6 is 0 Å². The highest BCUT2D eigenvalue weighted by molar-refractivity contribution is 7.91. The van der Waals surface area contributed by atoms with Gasteiger partial charge in [0.15, 0.2) is 5.78 Å². The van der Waals surface area contributed by atoms with E-state index in [4.69, 9.17) is 0 Å². The van der Waals surface area contributed by atoms with Crippen molar-refractivity contribution >= 4 is 15.8 Å². The predicted octanol–water partition coefficient (Wildman–Crippen LogP) is 0.683. The molecule has 15 heavy (non-hydrogen) atoms. The molecule has 2 rings (SSSR count). The molecule has 5 heteroatoms. The molecule has 0 spiro atoms. The first-order valence-corrected chi connectivity index (χ1v) is 6.74. The molecule has 0 saturated heterocycles. The third-order valence-corrected chi connectivity index (χ3v) is 6.93. The van der Waals surface area contributed by atoms with Crippen LogP contribution in [0.15, 0.2) is 0 Å². The van der Waals surface area contributed by atoms with E-state index in [-0.39, 0.29) is 11.7 Å². The third kappa shape index (κ3) is 1.00. The molecule has 2 aliphatic rings. The van der Waals surface area contributed by atoms with Gasteiger partial charge in [-0.25, -0.2) is 13.1 Å². The Bertz CT molecular complexity index is 412. The average Bonchev–Trinajstić information content (AvgIpc) is 2.51. The molecular weight excluding hydrogens is 214 g/mol. The van der Waals surface area contributed by atoms with Crippen molar-refractivity contribution in [2.45, 2.75) is 37.9 Å². The number of hydrogen-bond donors (Lipinski definition) is 1. The summed E-state index contributed by atoms with van der Waals surface area (Å²) in [5.41, 5.74) is -0.425. The van der Waals surface area contributed by atoms with E-state index < -0.39 is 20.2 Å². The zero-order valence-electron chi connectivity index (χ0n) is 9.33. The number of carbonyl (C=O) groups excluding carboxylic acids is 1. The first-order valence-electron chi connectivity index (χ1n) is 5.26. The summed E-state index contributed by atoms with van der Waals surface area (Å²) in [6, 6.07) is 0. The lowest BCUT2D eigenvalue weighted by molar-refractivity contribution is -0.121. The van der Waals surface area contributed by atoms with E-state index in [2.05, 4.69) is 4.72 Å². The minimum atomic E-state index is -3.52. The van der Waals surface area contributed by atoms with E-state index in [9.17, 15) is 13.2 Å². The highest BCUT2D eigenvalue weighted by Crippen LogP contribution is 2.61. The number of hydrogen-bond acceptors (Lipinski definition) is 3. The van der Waals surface area contributed by atoms with Crippen molar-refractivity contribution < 1.29 is 13.2 Å². The van der Waals surface area contributed by atoms with E-state index in [0.717, 1.165) is 6.42 Å². The Morgan fingerprint density at radius 2 is 2.00 bits per heavy atom. The Hall–Kier alpha value is -0.420. The van der Waals surface area contributed by atoms with E-state index >= 15 is 0 Å². The zero-order valence-corrected chi connectivity index (χ0v) is 10.1. The van der Waals surface area contributed by atoms with Crippen molar-refractivity contribution in [1.82, 2.24) is 4.72 Å². The van der Waals surface area contributed by atoms with Crippen molar-refractivity contribution in [1.29, 1.82) is 0 Å². The minimum Gasteiger partial charge on any atom is -0.298 e. The van der Waals surface area contributed by atoms with E-state index in [1.54, 1.807) is 0 Å². The largest absolute Gasteiger partial charge is 0.298 e. The SMILES string of the molecule is CNS(=O)(=O)C12CCC(CC1=O)C2(C)C. The average molecular weight is 231 g/mol. The summed E-state index contributed by atoms with van der Waals surface area (Å²) in [6.07, 6.45) is 1.75. The van der Waals surface area contributed by atoms with Crippen molar-refractivity contribution in [3.05, 3.63) is 0 Å². The number of ketones is 1. The first kappa shape index (κ1) is 11.1. The molecule has 0 amide bonds. The maximum atomic E-state index is 12.1. The summed E-state index contributed by atoms with van der Waals surface area (Å²) in [4.78, 5) is 12.0. The number of carbonyl (C=O) groups is 1. The van der Waals surface area contributed by atoms with Gasteiger partial charge in [0.1, 0.15) is 4.75 Å². The van der Waals surface area contributed by atoms with Crippen molar-refractivity contribution in [2.75, 3.05) is 7.05 Å². The van der Waals surface area contributed by atoms with Gasteiger partial charge in [-0.05, 0) is 31.2 Å². The maximum absolute atomic E-state index is 12.1. The van der Waals surface area contributed by atoms with Gasteiger partial charge in [-0.15, -0.1) is 0 Å². The number of nitrogens with one attached hydrogen (secondary N) is 1. The molecule has 2 aliphatic carbocycles. The zero-order chi connectivity index (χ0) is 11.5. The van der Waals surface area contributed by atoms with Gasteiger partial charge in [0.25, 0.3) is 0 Å². The fraction of sp³-hybridized carbons (Fsp3) is 0.900. The second-order valence-corrected chi connectivity index (χ2v) is 7.23. The Morgan fingerprint density at radius 3 is 2.33 bits per heavy atom. The molecule has 0 aromatic carbocycles. The second-order valence-electron chi connectivity index (χ2n) is 5.12. The lowest BCUT2D eigenvalue weighted by atomic mass is 9.81. The Morgan fingerprint density at radius 1 is 1.40 bits per heavy atom. The maximum Gasteiger partial charge on any atom is 0.224 e. The lowest BCUT2D eigenvalue weighted by Crippen LogP contribution is -2.54. The number of sulfonamides is 1. The third-order valence-electron chi connectivity index (χ3n) is 4.52. The quantitative estimate of drug-likeness (QED) is 0.760. The first-order chi connectivity index (χ1) is 6.79. The van der Waals surface area contributed by atoms with Crippen LogP contribution in [-0.4, -0.2) is 26.0 Å². The fourth-order valence-electron chi connectivity index (χ4n) is 3.44. The van der Waals surface area contributed by atoms with Gasteiger partial charge in [0.2, 0.25) is 10.0 Å². The molecule has 2 atom stereocenters. The van der Waals surface area contributed by atoms with Gasteiger partial charge in [-0.2, -0.15) is 0 Å². The monoisotopic (exact) mass is 231 g/mol. The van der Waals surface area contributed by atoms with Gasteiger partial charge in [-0.1, -0.05) is 13.8 Å². The van der Waals surface area contributed by atoms with Crippen LogP contribution in [0.5, 0.6) is 0 Å². The van der Waals surface area contributed by atoms with Gasteiger partial charge < -0.3 is 0 Å². The summed E-state index contributed by atoms with van der Waals surface area (Å²) in [6.45, 7) is 3.81. The van der Waals surface area contributed by atoms with E-state index in [1.807, 2.05) is 13.8 Å². The fourth-order valence-corrected chi connectivity index (χ4v) is 5.42. The summed E-state index contributed by atoms with van der Waals surface area (Å²) in [7, 11) is -2.14. The molecule has 0 aromatic heterocycles. The van der Waals surface area contributed by atoms with Crippen LogP contribution in [0, 0.1) is 11.3 Å².